The van der Waals surface area contributed by atoms with Crippen LogP contribution in [0.2, 0.25) is 0 Å². The molecule has 0 atom stereocenters. The van der Waals surface area contributed by atoms with Crippen molar-refractivity contribution >= 4 is 58.4 Å². The molecule has 2 heteroatoms. The summed E-state index contributed by atoms with van der Waals surface area (Å²) in [5, 5.41) is 0. The fourth-order valence-corrected chi connectivity index (χ4v) is 7.07. The van der Waals surface area contributed by atoms with Gasteiger partial charge in [0.1, 0.15) is 0 Å². The van der Waals surface area contributed by atoms with E-state index in [2.05, 4.69) is 232 Å². The molecule has 0 heterocycles. The van der Waals surface area contributed by atoms with E-state index in [0.717, 1.165) is 70.9 Å². The molecule has 0 aromatic heterocycles. The Morgan fingerprint density at radius 1 is 0.286 bits per heavy atom. The van der Waals surface area contributed by atoms with Crippen molar-refractivity contribution in [1.29, 1.82) is 0 Å². The zero-order valence-electron chi connectivity index (χ0n) is 33.2. The lowest BCUT2D eigenvalue weighted by molar-refractivity contribution is 1.13. The van der Waals surface area contributed by atoms with Gasteiger partial charge >= 0.3 is 0 Å². The summed E-state index contributed by atoms with van der Waals surface area (Å²) >= 11 is 0. The minimum atomic E-state index is 1.03. The maximum absolute atomic E-state index is 2.34. The van der Waals surface area contributed by atoms with Gasteiger partial charge in [-0.05, 0) is 143 Å². The molecular weight excluding hydrogens is 677 g/mol. The van der Waals surface area contributed by atoms with Crippen molar-refractivity contribution in [2.45, 2.75) is 53.4 Å². The van der Waals surface area contributed by atoms with Gasteiger partial charge in [0.05, 0.1) is 0 Å². The van der Waals surface area contributed by atoms with E-state index in [4.69, 9.17) is 0 Å². The Bertz CT molecular complexity index is 2080. The maximum Gasteiger partial charge on any atom is 0.0462 e. The molecule has 7 rings (SSSR count). The number of nitrogens with zero attached hydrogens (tertiary/aromatic N) is 2. The first kappa shape index (κ1) is 37.9. The molecule has 0 saturated heterocycles. The molecule has 7 aromatic rings. The van der Waals surface area contributed by atoms with Crippen LogP contribution in [0.1, 0.15) is 72.2 Å². The predicted octanol–water partition coefficient (Wildman–Crippen LogP) is 15.2. The first-order valence-corrected chi connectivity index (χ1v) is 20.2. The van der Waals surface area contributed by atoms with Crippen LogP contribution in [0, 0.1) is 0 Å². The second-order valence-electron chi connectivity index (χ2n) is 14.2. The van der Waals surface area contributed by atoms with Crippen LogP contribution in [0.4, 0.5) is 34.1 Å². The van der Waals surface area contributed by atoms with E-state index in [1.807, 2.05) is 0 Å². The van der Waals surface area contributed by atoms with Crippen molar-refractivity contribution < 1.29 is 0 Å². The van der Waals surface area contributed by atoms with Gasteiger partial charge in [-0.15, -0.1) is 0 Å². The lowest BCUT2D eigenvalue weighted by atomic mass is 10.0. The number of hydrogen-bond donors (Lipinski definition) is 0. The highest BCUT2D eigenvalue weighted by Gasteiger charge is 2.14. The molecule has 0 unspecified atom stereocenters. The molecule has 7 aromatic carbocycles. The molecule has 0 aliphatic carbocycles. The Balaban J connectivity index is 1.09. The highest BCUT2D eigenvalue weighted by Crippen LogP contribution is 2.37. The van der Waals surface area contributed by atoms with Crippen LogP contribution in [-0.2, 0) is 25.7 Å². The molecule has 0 amide bonds. The Hall–Kier alpha value is -6.38. The van der Waals surface area contributed by atoms with Gasteiger partial charge in [-0.1, -0.05) is 149 Å². The van der Waals surface area contributed by atoms with Crippen molar-refractivity contribution in [3.8, 4) is 0 Å². The van der Waals surface area contributed by atoms with Crippen LogP contribution in [0.3, 0.4) is 0 Å². The number of benzene rings is 7. The van der Waals surface area contributed by atoms with Crippen molar-refractivity contribution in [1.82, 2.24) is 0 Å². The Morgan fingerprint density at radius 2 is 0.518 bits per heavy atom. The summed E-state index contributed by atoms with van der Waals surface area (Å²) < 4.78 is 0. The minimum absolute atomic E-state index is 1.03. The first-order valence-electron chi connectivity index (χ1n) is 20.2. The van der Waals surface area contributed by atoms with Crippen LogP contribution >= 0.6 is 0 Å². The Kier molecular flexibility index (Phi) is 12.4. The molecule has 0 aliphatic heterocycles. The summed E-state index contributed by atoms with van der Waals surface area (Å²) in [7, 11) is 0. The number of hydrogen-bond acceptors (Lipinski definition) is 2. The van der Waals surface area contributed by atoms with Crippen molar-refractivity contribution in [3.63, 3.8) is 0 Å². The first-order chi connectivity index (χ1) is 27.5. The number of aryl methyl sites for hydroxylation is 4. The summed E-state index contributed by atoms with van der Waals surface area (Å²) in [5.74, 6) is 0. The van der Waals surface area contributed by atoms with Gasteiger partial charge in [0.25, 0.3) is 0 Å². The minimum Gasteiger partial charge on any atom is -0.311 e. The van der Waals surface area contributed by atoms with Gasteiger partial charge in [-0.25, -0.2) is 0 Å². The van der Waals surface area contributed by atoms with Gasteiger partial charge in [-0.3, -0.25) is 0 Å². The third-order valence-corrected chi connectivity index (χ3v) is 10.6. The summed E-state index contributed by atoms with van der Waals surface area (Å²) in [4.78, 5) is 4.67. The normalized spacial score (nSPS) is 11.4. The average molecular weight is 729 g/mol. The predicted molar refractivity (Wildman–Crippen MR) is 244 cm³/mol. The quantitative estimate of drug-likeness (QED) is 0.103. The molecule has 2 nitrogen and oxygen atoms in total. The molecule has 0 radical (unpaired) electrons. The van der Waals surface area contributed by atoms with Crippen LogP contribution in [0.15, 0.2) is 170 Å². The Morgan fingerprint density at radius 3 is 0.750 bits per heavy atom. The van der Waals surface area contributed by atoms with Crippen molar-refractivity contribution in [3.05, 3.63) is 214 Å². The molecule has 0 saturated carbocycles. The lowest BCUT2D eigenvalue weighted by Gasteiger charge is -2.26. The maximum atomic E-state index is 2.34. The second kappa shape index (κ2) is 18.3. The third-order valence-electron chi connectivity index (χ3n) is 10.6. The zero-order chi connectivity index (χ0) is 38.7. The Labute approximate surface area is 334 Å². The van der Waals surface area contributed by atoms with Gasteiger partial charge in [0.15, 0.2) is 0 Å². The van der Waals surface area contributed by atoms with Gasteiger partial charge in [0, 0.05) is 34.1 Å². The average Bonchev–Trinajstić information content (AvgIpc) is 3.27. The molecule has 0 bridgehead atoms. The number of rotatable bonds is 14. The van der Waals surface area contributed by atoms with E-state index < -0.39 is 0 Å². The van der Waals surface area contributed by atoms with E-state index in [-0.39, 0.29) is 0 Å². The fraction of sp³-hybridized carbons (Fsp3) is 0.148. The van der Waals surface area contributed by atoms with Crippen LogP contribution in [0.25, 0.3) is 24.3 Å². The highest BCUT2D eigenvalue weighted by atomic mass is 15.1. The topological polar surface area (TPSA) is 6.48 Å². The lowest BCUT2D eigenvalue weighted by Crippen LogP contribution is -2.10. The standard InChI is InChI=1S/C54H52N2/c1-5-41-15-29-49(30-16-41)55(50-31-17-42(6-2)18-32-50)53-37-23-45(24-38-53)13-27-47-11-9-10-12-48(47)28-14-46-25-39-54(40-26-46)56(51-33-19-43(7-3)20-34-51)52-35-21-44(8-4)22-36-52/h9-40H,5-8H2,1-4H3/b27-13+,28-14+. The van der Waals surface area contributed by atoms with Crippen molar-refractivity contribution in [2.24, 2.45) is 0 Å². The SMILES string of the molecule is CCc1ccc(N(c2ccc(/C=C/c3ccccc3/C=C/c3ccc(N(c4ccc(CC)cc4)c4ccc(CC)cc4)cc3)cc2)c2ccc(CC)cc2)cc1. The summed E-state index contributed by atoms with van der Waals surface area (Å²) in [5.41, 5.74) is 16.9. The molecular formula is C54H52N2. The van der Waals surface area contributed by atoms with E-state index >= 15 is 0 Å². The second-order valence-corrected chi connectivity index (χ2v) is 14.2. The van der Waals surface area contributed by atoms with E-state index in [1.54, 1.807) is 0 Å². The molecule has 0 aliphatic rings. The van der Waals surface area contributed by atoms with Crippen LogP contribution < -0.4 is 9.80 Å². The monoisotopic (exact) mass is 728 g/mol. The smallest absolute Gasteiger partial charge is 0.0462 e. The largest absolute Gasteiger partial charge is 0.311 e. The van der Waals surface area contributed by atoms with Crippen LogP contribution in [-0.4, -0.2) is 0 Å². The van der Waals surface area contributed by atoms with Crippen molar-refractivity contribution in [2.75, 3.05) is 9.80 Å². The molecule has 0 fully saturated rings. The summed E-state index contributed by atoms with van der Waals surface area (Å²) in [6, 6.07) is 62.0. The van der Waals surface area contributed by atoms with Gasteiger partial charge < -0.3 is 9.80 Å². The fourth-order valence-electron chi connectivity index (χ4n) is 7.07. The third kappa shape index (κ3) is 9.10. The summed E-state index contributed by atoms with van der Waals surface area (Å²) in [6.45, 7) is 8.80. The zero-order valence-corrected chi connectivity index (χ0v) is 33.2. The number of anilines is 6. The van der Waals surface area contributed by atoms with Crippen LogP contribution in [0.5, 0.6) is 0 Å². The van der Waals surface area contributed by atoms with E-state index in [0.29, 0.717) is 0 Å². The van der Waals surface area contributed by atoms with E-state index in [1.165, 1.54) is 33.4 Å². The molecule has 0 spiro atoms. The summed E-state index contributed by atoms with van der Waals surface area (Å²) in [6.07, 6.45) is 13.0. The van der Waals surface area contributed by atoms with E-state index in [9.17, 15) is 0 Å². The highest BCUT2D eigenvalue weighted by molar-refractivity contribution is 5.82. The molecule has 0 N–H and O–H groups in total. The molecule has 56 heavy (non-hydrogen) atoms. The molecule has 278 valence electrons. The van der Waals surface area contributed by atoms with Gasteiger partial charge in [0.2, 0.25) is 0 Å². The van der Waals surface area contributed by atoms with Gasteiger partial charge in [-0.2, -0.15) is 0 Å².